The van der Waals surface area contributed by atoms with Gasteiger partial charge < -0.3 is 5.11 Å². The second-order valence-corrected chi connectivity index (χ2v) is 7.24. The van der Waals surface area contributed by atoms with Crippen molar-refractivity contribution in [1.29, 1.82) is 0 Å². The minimum Gasteiger partial charge on any atom is -0.396 e. The number of piperidine rings is 1. The van der Waals surface area contributed by atoms with Crippen molar-refractivity contribution in [2.45, 2.75) is 45.1 Å². The Morgan fingerprint density at radius 3 is 2.56 bits per heavy atom. The molecule has 2 rings (SSSR count). The van der Waals surface area contributed by atoms with Crippen LogP contribution in [0.25, 0.3) is 0 Å². The van der Waals surface area contributed by atoms with Gasteiger partial charge in [-0.3, -0.25) is 0 Å². The number of hydrogen-bond donors (Lipinski definition) is 2. The van der Waals surface area contributed by atoms with Crippen LogP contribution in [-0.2, 0) is 10.2 Å². The summed E-state index contributed by atoms with van der Waals surface area (Å²) in [5.74, 6) is 0.810. The van der Waals surface area contributed by atoms with Crippen molar-refractivity contribution < 1.29 is 13.5 Å². The van der Waals surface area contributed by atoms with Crippen molar-refractivity contribution in [3.05, 3.63) is 0 Å². The first-order chi connectivity index (χ1) is 8.56. The van der Waals surface area contributed by atoms with Crippen LogP contribution in [0.2, 0.25) is 0 Å². The summed E-state index contributed by atoms with van der Waals surface area (Å²) in [4.78, 5) is 0. The topological polar surface area (TPSA) is 69.6 Å². The van der Waals surface area contributed by atoms with E-state index in [4.69, 9.17) is 5.11 Å². The largest absolute Gasteiger partial charge is 0.396 e. The van der Waals surface area contributed by atoms with E-state index in [0.717, 1.165) is 32.1 Å². The molecule has 2 unspecified atom stereocenters. The van der Waals surface area contributed by atoms with Crippen LogP contribution >= 0.6 is 0 Å². The van der Waals surface area contributed by atoms with Crippen LogP contribution in [0.15, 0.2) is 0 Å². The highest BCUT2D eigenvalue weighted by Gasteiger charge is 2.40. The summed E-state index contributed by atoms with van der Waals surface area (Å²) in [6.07, 6.45) is 4.74. The molecular weight excluding hydrogens is 252 g/mol. The highest BCUT2D eigenvalue weighted by Crippen LogP contribution is 2.35. The van der Waals surface area contributed by atoms with E-state index < -0.39 is 10.2 Å². The summed E-state index contributed by atoms with van der Waals surface area (Å²) < 4.78 is 28.6. The fraction of sp³-hybridized carbons (Fsp3) is 1.00. The maximum Gasteiger partial charge on any atom is 0.279 e. The number of aliphatic hydroxyl groups excluding tert-OH is 1. The second kappa shape index (κ2) is 5.86. The molecule has 1 aliphatic carbocycles. The molecule has 1 aliphatic heterocycles. The second-order valence-electron chi connectivity index (χ2n) is 5.54. The van der Waals surface area contributed by atoms with Crippen molar-refractivity contribution in [1.82, 2.24) is 9.03 Å². The van der Waals surface area contributed by atoms with E-state index in [1.807, 2.05) is 0 Å². The number of aliphatic hydroxyl groups is 1. The molecule has 0 bridgehead atoms. The van der Waals surface area contributed by atoms with Gasteiger partial charge in [0.2, 0.25) is 0 Å². The molecule has 106 valence electrons. The standard InChI is InChI=1S/C12H24N2O3S/c1-2-3-11-8-12(11)13-18(16,17)14-6-4-10(9-15)5-7-14/h10-13,15H,2-9H2,1H3. The smallest absolute Gasteiger partial charge is 0.279 e. The molecule has 1 heterocycles. The van der Waals surface area contributed by atoms with Gasteiger partial charge in [-0.1, -0.05) is 13.3 Å². The van der Waals surface area contributed by atoms with E-state index in [2.05, 4.69) is 11.6 Å². The Balaban J connectivity index is 1.81. The third kappa shape index (κ3) is 3.44. The molecule has 2 N–H and O–H groups in total. The summed E-state index contributed by atoms with van der Waals surface area (Å²) in [6, 6.07) is 0.158. The first-order valence-corrected chi connectivity index (χ1v) is 8.39. The average Bonchev–Trinajstić information content (AvgIpc) is 3.07. The molecule has 0 amide bonds. The summed E-state index contributed by atoms with van der Waals surface area (Å²) in [5.41, 5.74) is 0. The molecule has 5 nitrogen and oxygen atoms in total. The molecule has 0 radical (unpaired) electrons. The van der Waals surface area contributed by atoms with Crippen molar-refractivity contribution in [3.8, 4) is 0 Å². The SMILES string of the molecule is CCCC1CC1NS(=O)(=O)N1CCC(CO)CC1. The lowest BCUT2D eigenvalue weighted by atomic mass is 10.00. The normalized spacial score (nSPS) is 30.6. The van der Waals surface area contributed by atoms with Crippen LogP contribution in [0, 0.1) is 11.8 Å². The summed E-state index contributed by atoms with van der Waals surface area (Å²) in [6.45, 7) is 3.36. The average molecular weight is 276 g/mol. The molecule has 1 saturated carbocycles. The predicted molar refractivity (Wildman–Crippen MR) is 70.2 cm³/mol. The van der Waals surface area contributed by atoms with Gasteiger partial charge >= 0.3 is 0 Å². The first-order valence-electron chi connectivity index (χ1n) is 6.95. The lowest BCUT2D eigenvalue weighted by molar-refractivity contribution is 0.169. The summed E-state index contributed by atoms with van der Waals surface area (Å²) in [7, 11) is -3.30. The van der Waals surface area contributed by atoms with Crippen LogP contribution in [0.1, 0.15) is 39.0 Å². The van der Waals surface area contributed by atoms with E-state index in [-0.39, 0.29) is 18.6 Å². The molecule has 0 aromatic heterocycles. The van der Waals surface area contributed by atoms with Crippen LogP contribution in [0.4, 0.5) is 0 Å². The molecule has 0 spiro atoms. The van der Waals surface area contributed by atoms with E-state index in [9.17, 15) is 8.42 Å². The Morgan fingerprint density at radius 2 is 2.00 bits per heavy atom. The minimum atomic E-state index is -3.30. The summed E-state index contributed by atoms with van der Waals surface area (Å²) in [5, 5.41) is 9.05. The van der Waals surface area contributed by atoms with E-state index >= 15 is 0 Å². The third-order valence-electron chi connectivity index (χ3n) is 4.05. The van der Waals surface area contributed by atoms with Gasteiger partial charge in [-0.2, -0.15) is 17.4 Å². The first kappa shape index (κ1) is 14.2. The minimum absolute atomic E-state index is 0.158. The van der Waals surface area contributed by atoms with Crippen molar-refractivity contribution in [3.63, 3.8) is 0 Å². The zero-order valence-electron chi connectivity index (χ0n) is 11.0. The van der Waals surface area contributed by atoms with Crippen molar-refractivity contribution in [2.24, 2.45) is 11.8 Å². The number of hydrogen-bond acceptors (Lipinski definition) is 3. The van der Waals surface area contributed by atoms with E-state index in [1.165, 1.54) is 4.31 Å². The predicted octanol–water partition coefficient (Wildman–Crippen LogP) is 0.714. The maximum absolute atomic E-state index is 12.1. The van der Waals surface area contributed by atoms with Gasteiger partial charge in [0.15, 0.2) is 0 Å². The zero-order chi connectivity index (χ0) is 13.2. The van der Waals surface area contributed by atoms with Gasteiger partial charge in [0.1, 0.15) is 0 Å². The van der Waals surface area contributed by atoms with Crippen LogP contribution in [0.3, 0.4) is 0 Å². The molecular formula is C12H24N2O3S. The molecule has 0 aromatic carbocycles. The quantitative estimate of drug-likeness (QED) is 0.751. The number of nitrogens with one attached hydrogen (secondary N) is 1. The van der Waals surface area contributed by atoms with Gasteiger partial charge in [-0.05, 0) is 37.5 Å². The molecule has 2 fully saturated rings. The van der Waals surface area contributed by atoms with Crippen molar-refractivity contribution in [2.75, 3.05) is 19.7 Å². The summed E-state index contributed by atoms with van der Waals surface area (Å²) >= 11 is 0. The molecule has 18 heavy (non-hydrogen) atoms. The van der Waals surface area contributed by atoms with Crippen LogP contribution in [-0.4, -0.2) is 43.6 Å². The van der Waals surface area contributed by atoms with E-state index in [1.54, 1.807) is 0 Å². The van der Waals surface area contributed by atoms with Gasteiger partial charge in [0.25, 0.3) is 10.2 Å². The molecule has 2 aliphatic rings. The van der Waals surface area contributed by atoms with Crippen molar-refractivity contribution >= 4 is 10.2 Å². The van der Waals surface area contributed by atoms with E-state index in [0.29, 0.717) is 19.0 Å². The highest BCUT2D eigenvalue weighted by molar-refractivity contribution is 7.87. The highest BCUT2D eigenvalue weighted by atomic mass is 32.2. The van der Waals surface area contributed by atoms with Gasteiger partial charge in [-0.25, -0.2) is 0 Å². The zero-order valence-corrected chi connectivity index (χ0v) is 11.8. The van der Waals surface area contributed by atoms with Gasteiger partial charge in [0.05, 0.1) is 0 Å². The Kier molecular flexibility index (Phi) is 4.64. The Hall–Kier alpha value is -0.170. The number of rotatable bonds is 6. The monoisotopic (exact) mass is 276 g/mol. The fourth-order valence-electron chi connectivity index (χ4n) is 2.68. The molecule has 2 atom stereocenters. The Bertz CT molecular complexity index is 364. The number of nitrogens with zero attached hydrogens (tertiary/aromatic N) is 1. The maximum atomic E-state index is 12.1. The molecule has 6 heteroatoms. The van der Waals surface area contributed by atoms with Crippen LogP contribution < -0.4 is 4.72 Å². The molecule has 0 aromatic rings. The van der Waals surface area contributed by atoms with Crippen LogP contribution in [0.5, 0.6) is 0 Å². The van der Waals surface area contributed by atoms with Gasteiger partial charge in [0, 0.05) is 25.7 Å². The lowest BCUT2D eigenvalue weighted by Crippen LogP contribution is -2.46. The molecule has 1 saturated heterocycles. The Morgan fingerprint density at radius 1 is 1.33 bits per heavy atom. The van der Waals surface area contributed by atoms with Gasteiger partial charge in [-0.15, -0.1) is 0 Å². The Labute approximate surface area is 110 Å². The lowest BCUT2D eigenvalue weighted by Gasteiger charge is -2.30. The fourth-order valence-corrected chi connectivity index (χ4v) is 4.19. The third-order valence-corrected chi connectivity index (χ3v) is 5.70.